The van der Waals surface area contributed by atoms with E-state index in [2.05, 4.69) is 21.2 Å². The third kappa shape index (κ3) is 6.32. The summed E-state index contributed by atoms with van der Waals surface area (Å²) < 4.78 is 6.27. The van der Waals surface area contributed by atoms with Gasteiger partial charge in [0.25, 0.3) is 0 Å². The van der Waals surface area contributed by atoms with Crippen molar-refractivity contribution >= 4 is 33.6 Å². The van der Waals surface area contributed by atoms with E-state index in [1.165, 1.54) is 0 Å². The molecule has 1 saturated heterocycles. The smallest absolute Gasteiger partial charge is 0.410 e. The van der Waals surface area contributed by atoms with Crippen molar-refractivity contribution in [2.24, 2.45) is 0 Å². The van der Waals surface area contributed by atoms with Gasteiger partial charge in [-0.25, -0.2) is 4.79 Å². The quantitative estimate of drug-likeness (QED) is 0.795. The number of nitrogens with one attached hydrogen (secondary N) is 1. The molecular weight excluding hydrogens is 388 g/mol. The molecule has 0 atom stereocenters. The number of amides is 2. The molecule has 2 amide bonds. The topological polar surface area (TPSA) is 78.9 Å². The zero-order valence-corrected chi connectivity index (χ0v) is 16.4. The minimum Gasteiger partial charge on any atom is -0.444 e. The number of nitrogens with zero attached hydrogens (tertiary/aromatic N) is 1. The molecule has 0 aromatic heterocycles. The Morgan fingerprint density at radius 1 is 1.24 bits per heavy atom. The Bertz CT molecular complexity index is 617. The van der Waals surface area contributed by atoms with Gasteiger partial charge in [0.2, 0.25) is 5.91 Å². The van der Waals surface area contributed by atoms with Crippen LogP contribution in [0.1, 0.15) is 40.0 Å². The van der Waals surface area contributed by atoms with E-state index in [1.54, 1.807) is 17.0 Å². The lowest BCUT2D eigenvalue weighted by Crippen LogP contribution is -2.49. The van der Waals surface area contributed by atoms with Crippen LogP contribution < -0.4 is 5.32 Å². The number of ether oxygens (including phenoxy) is 1. The summed E-state index contributed by atoms with van der Waals surface area (Å²) >= 11 is 3.34. The number of carbonyl (C=O) groups excluding carboxylic acids is 2. The zero-order valence-electron chi connectivity index (χ0n) is 14.8. The van der Waals surface area contributed by atoms with Gasteiger partial charge >= 0.3 is 6.09 Å². The van der Waals surface area contributed by atoms with E-state index in [-0.39, 0.29) is 18.4 Å². The van der Waals surface area contributed by atoms with Crippen LogP contribution in [0, 0.1) is 0 Å². The van der Waals surface area contributed by atoms with Crippen LogP contribution in [-0.2, 0) is 9.53 Å². The highest BCUT2D eigenvalue weighted by molar-refractivity contribution is 9.10. The average Bonchev–Trinajstić information content (AvgIpc) is 2.48. The standard InChI is InChI=1S/C18H25BrN2O4/c1-17(2,3)25-16(23)21-10-8-18(24,9-11-21)12-15(22)20-14-6-4-13(19)5-7-14/h4-7,24H,8-12H2,1-3H3,(H,20,22). The highest BCUT2D eigenvalue weighted by Gasteiger charge is 2.37. The average molecular weight is 413 g/mol. The fourth-order valence-electron chi connectivity index (χ4n) is 2.65. The normalized spacial score (nSPS) is 17.1. The molecule has 1 aromatic rings. The fourth-order valence-corrected chi connectivity index (χ4v) is 2.91. The second-order valence-corrected chi connectivity index (χ2v) is 8.34. The Morgan fingerprint density at radius 3 is 2.32 bits per heavy atom. The van der Waals surface area contributed by atoms with Gasteiger partial charge in [-0.1, -0.05) is 15.9 Å². The van der Waals surface area contributed by atoms with Gasteiger partial charge in [0.05, 0.1) is 12.0 Å². The monoisotopic (exact) mass is 412 g/mol. The van der Waals surface area contributed by atoms with Gasteiger partial charge in [0.15, 0.2) is 0 Å². The summed E-state index contributed by atoms with van der Waals surface area (Å²) in [5.41, 5.74) is -0.962. The van der Waals surface area contributed by atoms with Crippen molar-refractivity contribution in [3.63, 3.8) is 0 Å². The molecule has 1 aliphatic heterocycles. The Kier molecular flexibility index (Phi) is 6.11. The van der Waals surface area contributed by atoms with Gasteiger partial charge in [0, 0.05) is 23.2 Å². The van der Waals surface area contributed by atoms with E-state index < -0.39 is 11.2 Å². The van der Waals surface area contributed by atoms with Crippen LogP contribution in [0.5, 0.6) is 0 Å². The summed E-state index contributed by atoms with van der Waals surface area (Å²) in [4.78, 5) is 25.8. The molecular formula is C18H25BrN2O4. The maximum Gasteiger partial charge on any atom is 0.410 e. The van der Waals surface area contributed by atoms with Crippen molar-refractivity contribution in [1.82, 2.24) is 4.90 Å². The summed E-state index contributed by atoms with van der Waals surface area (Å²) in [5.74, 6) is -0.240. The first-order valence-corrected chi connectivity index (χ1v) is 9.11. The largest absolute Gasteiger partial charge is 0.444 e. The first-order chi connectivity index (χ1) is 11.6. The van der Waals surface area contributed by atoms with Crippen LogP contribution in [0.2, 0.25) is 0 Å². The Hall–Kier alpha value is -1.60. The third-order valence-electron chi connectivity index (χ3n) is 3.96. The second-order valence-electron chi connectivity index (χ2n) is 7.42. The molecule has 7 heteroatoms. The van der Waals surface area contributed by atoms with Crippen molar-refractivity contribution < 1.29 is 19.4 Å². The lowest BCUT2D eigenvalue weighted by molar-refractivity contribution is -0.123. The van der Waals surface area contributed by atoms with Gasteiger partial charge in [-0.15, -0.1) is 0 Å². The number of anilines is 1. The van der Waals surface area contributed by atoms with Gasteiger partial charge in [-0.3, -0.25) is 4.79 Å². The SMILES string of the molecule is CC(C)(C)OC(=O)N1CCC(O)(CC(=O)Nc2ccc(Br)cc2)CC1. The fraction of sp³-hybridized carbons (Fsp3) is 0.556. The zero-order chi connectivity index (χ0) is 18.7. The van der Waals surface area contributed by atoms with Crippen molar-refractivity contribution in [3.05, 3.63) is 28.7 Å². The molecule has 0 saturated carbocycles. The number of aliphatic hydroxyl groups is 1. The van der Waals surface area contributed by atoms with Gasteiger partial charge < -0.3 is 20.1 Å². The van der Waals surface area contributed by atoms with E-state index >= 15 is 0 Å². The number of piperidine rings is 1. The maximum atomic E-state index is 12.2. The minimum atomic E-state index is -1.10. The number of benzene rings is 1. The van der Waals surface area contributed by atoms with Crippen LogP contribution in [-0.4, -0.2) is 46.3 Å². The first kappa shape index (κ1) is 19.7. The number of carbonyl (C=O) groups is 2. The molecule has 1 aliphatic rings. The van der Waals surface area contributed by atoms with Crippen LogP contribution in [0.3, 0.4) is 0 Å². The highest BCUT2D eigenvalue weighted by atomic mass is 79.9. The van der Waals surface area contributed by atoms with Crippen molar-refractivity contribution in [2.45, 2.75) is 51.2 Å². The molecule has 2 rings (SSSR count). The molecule has 6 nitrogen and oxygen atoms in total. The maximum absolute atomic E-state index is 12.2. The molecule has 1 heterocycles. The molecule has 0 unspecified atom stereocenters. The highest BCUT2D eigenvalue weighted by Crippen LogP contribution is 2.27. The Balaban J connectivity index is 1.84. The first-order valence-electron chi connectivity index (χ1n) is 8.32. The van der Waals surface area contributed by atoms with E-state index in [1.807, 2.05) is 32.9 Å². The minimum absolute atomic E-state index is 0.00518. The molecule has 0 radical (unpaired) electrons. The van der Waals surface area contributed by atoms with Gasteiger partial charge in [-0.05, 0) is 57.9 Å². The van der Waals surface area contributed by atoms with E-state index in [0.29, 0.717) is 31.6 Å². The van der Waals surface area contributed by atoms with Crippen LogP contribution in [0.25, 0.3) is 0 Å². The summed E-state index contributed by atoms with van der Waals surface area (Å²) in [6.07, 6.45) is 0.319. The Labute approximate surface area is 156 Å². The predicted octanol–water partition coefficient (Wildman–Crippen LogP) is 3.54. The third-order valence-corrected chi connectivity index (χ3v) is 4.49. The molecule has 0 aliphatic carbocycles. The number of hydrogen-bond donors (Lipinski definition) is 2. The summed E-state index contributed by atoms with van der Waals surface area (Å²) in [6, 6.07) is 7.25. The summed E-state index contributed by atoms with van der Waals surface area (Å²) in [7, 11) is 0. The van der Waals surface area contributed by atoms with Crippen molar-refractivity contribution in [2.75, 3.05) is 18.4 Å². The van der Waals surface area contributed by atoms with Crippen LogP contribution in [0.15, 0.2) is 28.7 Å². The second kappa shape index (κ2) is 7.74. The molecule has 138 valence electrons. The molecule has 0 spiro atoms. The number of halogens is 1. The van der Waals surface area contributed by atoms with E-state index in [4.69, 9.17) is 4.74 Å². The van der Waals surface area contributed by atoms with E-state index in [9.17, 15) is 14.7 Å². The van der Waals surface area contributed by atoms with Crippen molar-refractivity contribution in [3.8, 4) is 0 Å². The summed E-state index contributed by atoms with van der Waals surface area (Å²) in [6.45, 7) is 6.20. The predicted molar refractivity (Wildman–Crippen MR) is 99.4 cm³/mol. The molecule has 0 bridgehead atoms. The van der Waals surface area contributed by atoms with Crippen LogP contribution in [0.4, 0.5) is 10.5 Å². The van der Waals surface area contributed by atoms with Gasteiger partial charge in [-0.2, -0.15) is 0 Å². The number of hydrogen-bond acceptors (Lipinski definition) is 4. The molecule has 25 heavy (non-hydrogen) atoms. The van der Waals surface area contributed by atoms with Crippen LogP contribution >= 0.6 is 15.9 Å². The Morgan fingerprint density at radius 2 is 1.80 bits per heavy atom. The van der Waals surface area contributed by atoms with Crippen molar-refractivity contribution in [1.29, 1.82) is 0 Å². The van der Waals surface area contributed by atoms with E-state index in [0.717, 1.165) is 4.47 Å². The number of rotatable bonds is 3. The molecule has 2 N–H and O–H groups in total. The summed E-state index contributed by atoms with van der Waals surface area (Å²) in [5, 5.41) is 13.4. The lowest BCUT2D eigenvalue weighted by atomic mass is 9.88. The van der Waals surface area contributed by atoms with Gasteiger partial charge in [0.1, 0.15) is 5.60 Å². The number of likely N-dealkylation sites (tertiary alicyclic amines) is 1. The lowest BCUT2D eigenvalue weighted by Gasteiger charge is -2.38. The molecule has 1 aromatic carbocycles. The molecule has 1 fully saturated rings.